The molecule has 0 aliphatic carbocycles. The van der Waals surface area contributed by atoms with Crippen molar-refractivity contribution in [2.24, 2.45) is 0 Å². The molecule has 7 nitrogen and oxygen atoms in total. The SMILES string of the molecule is CCCCCOC(CCCCCCCCCCCCCCCC=CC(OC)OC(C=CCCCCCCCCCCCCCCCC(OCCCCC)OCCCCC)OC)OCCCCC. The van der Waals surface area contributed by atoms with Gasteiger partial charge in [0.25, 0.3) is 0 Å². The zero-order chi connectivity index (χ0) is 48.6. The van der Waals surface area contributed by atoms with Crippen molar-refractivity contribution >= 4 is 0 Å². The van der Waals surface area contributed by atoms with E-state index in [0.717, 1.165) is 77.8 Å². The summed E-state index contributed by atoms with van der Waals surface area (Å²) in [7, 11) is 3.41. The standard InChI is InChI=1S/C60H118O7/c1-7-11-45-53-63-59(64-54-46-12-8-2)51-43-39-35-31-27-23-19-15-17-21-25-29-33-37-41-49-57(61-5)67-58(62-6)50-42-38-34-30-26-22-18-16-20-24-28-32-36-40-44-52-60(65-55-47-13-9-3)66-56-48-14-10-4/h41-42,49-50,57-60H,7-40,43-48,51-56H2,1-6H3. The number of hydrogen-bond donors (Lipinski definition) is 0. The first kappa shape index (κ1) is 66.2. The first-order chi connectivity index (χ1) is 33.1. The number of allylic oxidation sites excluding steroid dienone is 2. The molecule has 0 spiro atoms. The highest BCUT2D eigenvalue weighted by molar-refractivity contribution is 4.89. The van der Waals surface area contributed by atoms with Gasteiger partial charge >= 0.3 is 0 Å². The zero-order valence-electron chi connectivity index (χ0n) is 46.0. The predicted octanol–water partition coefficient (Wildman–Crippen LogP) is 19.2. The van der Waals surface area contributed by atoms with Crippen LogP contribution in [0, 0.1) is 0 Å². The van der Waals surface area contributed by atoms with E-state index >= 15 is 0 Å². The molecule has 2 unspecified atom stereocenters. The highest BCUT2D eigenvalue weighted by atomic mass is 16.8. The van der Waals surface area contributed by atoms with Crippen molar-refractivity contribution in [1.82, 2.24) is 0 Å². The lowest BCUT2D eigenvalue weighted by atomic mass is 10.0. The molecule has 0 rings (SSSR count). The number of methoxy groups -OCH3 is 2. The van der Waals surface area contributed by atoms with Crippen LogP contribution in [0.1, 0.15) is 297 Å². The third-order valence-corrected chi connectivity index (χ3v) is 13.1. The molecule has 0 saturated carbocycles. The van der Waals surface area contributed by atoms with E-state index < -0.39 is 0 Å². The van der Waals surface area contributed by atoms with Crippen LogP contribution < -0.4 is 0 Å². The van der Waals surface area contributed by atoms with E-state index in [9.17, 15) is 0 Å². The van der Waals surface area contributed by atoms with E-state index in [4.69, 9.17) is 33.2 Å². The minimum atomic E-state index is -0.384. The summed E-state index contributed by atoms with van der Waals surface area (Å²) in [4.78, 5) is 0. The molecule has 0 aromatic carbocycles. The van der Waals surface area contributed by atoms with Crippen LogP contribution in [0.4, 0.5) is 0 Å². The molecule has 0 bridgehead atoms. The number of unbranched alkanes of at least 4 members (excludes halogenated alkanes) is 34. The monoisotopic (exact) mass is 951 g/mol. The molecule has 0 heterocycles. The van der Waals surface area contributed by atoms with Gasteiger partial charge in [-0.15, -0.1) is 0 Å². The second-order valence-corrected chi connectivity index (χ2v) is 19.7. The fourth-order valence-corrected chi connectivity index (χ4v) is 8.64. The molecule has 400 valence electrons. The van der Waals surface area contributed by atoms with Gasteiger partial charge in [0.1, 0.15) is 0 Å². The van der Waals surface area contributed by atoms with Crippen molar-refractivity contribution < 1.29 is 33.2 Å². The lowest BCUT2D eigenvalue weighted by Crippen LogP contribution is -2.22. The highest BCUT2D eigenvalue weighted by Gasteiger charge is 2.12. The fraction of sp³-hybridized carbons (Fsp3) is 0.933. The molecular formula is C60H118O7. The van der Waals surface area contributed by atoms with Crippen molar-refractivity contribution in [3.8, 4) is 0 Å². The van der Waals surface area contributed by atoms with Gasteiger partial charge in [-0.05, 0) is 89.2 Å². The molecule has 67 heavy (non-hydrogen) atoms. The summed E-state index contributed by atoms with van der Waals surface area (Å²) in [6, 6.07) is 0. The lowest BCUT2D eigenvalue weighted by molar-refractivity contribution is -0.188. The topological polar surface area (TPSA) is 64.6 Å². The third-order valence-electron chi connectivity index (χ3n) is 13.1. The van der Waals surface area contributed by atoms with E-state index in [-0.39, 0.29) is 25.2 Å². The van der Waals surface area contributed by atoms with Gasteiger partial charge in [0, 0.05) is 40.6 Å². The van der Waals surface area contributed by atoms with Gasteiger partial charge in [0.15, 0.2) is 25.2 Å². The molecule has 2 atom stereocenters. The summed E-state index contributed by atoms with van der Waals surface area (Å²) in [5, 5.41) is 0. The van der Waals surface area contributed by atoms with Crippen LogP contribution >= 0.6 is 0 Å². The van der Waals surface area contributed by atoms with Crippen LogP contribution in [0.15, 0.2) is 24.3 Å². The van der Waals surface area contributed by atoms with Crippen molar-refractivity contribution in [3.05, 3.63) is 24.3 Å². The maximum absolute atomic E-state index is 6.08. The van der Waals surface area contributed by atoms with Crippen molar-refractivity contribution in [3.63, 3.8) is 0 Å². The summed E-state index contributed by atoms with van der Waals surface area (Å²) >= 11 is 0. The van der Waals surface area contributed by atoms with E-state index in [1.54, 1.807) is 14.2 Å². The van der Waals surface area contributed by atoms with Crippen LogP contribution in [-0.4, -0.2) is 65.8 Å². The second-order valence-electron chi connectivity index (χ2n) is 19.7. The molecule has 0 aromatic heterocycles. The molecule has 0 aliphatic heterocycles. The van der Waals surface area contributed by atoms with Crippen LogP contribution in [0.5, 0.6) is 0 Å². The van der Waals surface area contributed by atoms with Gasteiger partial charge in [-0.25, -0.2) is 0 Å². The van der Waals surface area contributed by atoms with Crippen LogP contribution in [-0.2, 0) is 33.2 Å². The average molecular weight is 952 g/mol. The second kappa shape index (κ2) is 57.8. The van der Waals surface area contributed by atoms with Crippen molar-refractivity contribution in [1.29, 1.82) is 0 Å². The Morgan fingerprint density at radius 1 is 0.284 bits per heavy atom. The minimum absolute atomic E-state index is 0.0130. The van der Waals surface area contributed by atoms with Crippen LogP contribution in [0.3, 0.4) is 0 Å². The molecular weight excluding hydrogens is 833 g/mol. The number of hydrogen-bond acceptors (Lipinski definition) is 7. The molecule has 0 aromatic rings. The van der Waals surface area contributed by atoms with Crippen molar-refractivity contribution in [2.75, 3.05) is 40.6 Å². The van der Waals surface area contributed by atoms with Crippen LogP contribution in [0.25, 0.3) is 0 Å². The smallest absolute Gasteiger partial charge is 0.179 e. The predicted molar refractivity (Wildman–Crippen MR) is 289 cm³/mol. The van der Waals surface area contributed by atoms with Gasteiger partial charge in [-0.1, -0.05) is 232 Å². The van der Waals surface area contributed by atoms with E-state index in [1.165, 1.54) is 218 Å². The first-order valence-electron chi connectivity index (χ1n) is 29.7. The maximum Gasteiger partial charge on any atom is 0.179 e. The molecule has 0 N–H and O–H groups in total. The van der Waals surface area contributed by atoms with E-state index in [0.29, 0.717) is 0 Å². The molecule has 7 heteroatoms. The number of rotatable bonds is 58. The van der Waals surface area contributed by atoms with Gasteiger partial charge in [-0.2, -0.15) is 0 Å². The normalized spacial score (nSPS) is 13.1. The summed E-state index contributed by atoms with van der Waals surface area (Å²) in [6.07, 6.45) is 61.5. The Morgan fingerprint density at radius 2 is 0.522 bits per heavy atom. The Hall–Kier alpha value is -0.800. The Kier molecular flexibility index (Phi) is 57.1. The van der Waals surface area contributed by atoms with Crippen molar-refractivity contribution in [2.45, 2.75) is 323 Å². The third kappa shape index (κ3) is 51.4. The molecule has 0 amide bonds. The van der Waals surface area contributed by atoms with Crippen LogP contribution in [0.2, 0.25) is 0 Å². The van der Waals surface area contributed by atoms with E-state index in [1.807, 2.05) is 12.2 Å². The quantitative estimate of drug-likeness (QED) is 0.0342. The first-order valence-corrected chi connectivity index (χ1v) is 29.7. The Balaban J connectivity index is 3.75. The van der Waals surface area contributed by atoms with Gasteiger partial charge in [-0.3, -0.25) is 0 Å². The Morgan fingerprint density at radius 3 is 0.761 bits per heavy atom. The molecule has 0 aliphatic rings. The molecule has 0 fully saturated rings. The summed E-state index contributed by atoms with van der Waals surface area (Å²) in [5.74, 6) is 0. The average Bonchev–Trinajstić information content (AvgIpc) is 3.34. The van der Waals surface area contributed by atoms with Gasteiger partial charge < -0.3 is 33.2 Å². The summed E-state index contributed by atoms with van der Waals surface area (Å²) in [6.45, 7) is 12.4. The maximum atomic E-state index is 6.08. The summed E-state index contributed by atoms with van der Waals surface area (Å²) in [5.41, 5.74) is 0. The number of ether oxygens (including phenoxy) is 7. The zero-order valence-corrected chi connectivity index (χ0v) is 46.0. The molecule has 0 saturated heterocycles. The van der Waals surface area contributed by atoms with Gasteiger partial charge in [0.2, 0.25) is 0 Å². The Labute approximate surface area is 419 Å². The fourth-order valence-electron chi connectivity index (χ4n) is 8.64. The lowest BCUT2D eigenvalue weighted by Gasteiger charge is -2.18. The molecule has 0 radical (unpaired) electrons. The van der Waals surface area contributed by atoms with E-state index in [2.05, 4.69) is 39.8 Å². The highest BCUT2D eigenvalue weighted by Crippen LogP contribution is 2.18. The Bertz CT molecular complexity index is 861. The summed E-state index contributed by atoms with van der Waals surface area (Å²) < 4.78 is 41.5. The van der Waals surface area contributed by atoms with Gasteiger partial charge in [0.05, 0.1) is 0 Å². The largest absolute Gasteiger partial charge is 0.353 e. The minimum Gasteiger partial charge on any atom is -0.353 e.